The van der Waals surface area contributed by atoms with Gasteiger partial charge < -0.3 is 21.6 Å². The number of carbonyl (C=O) groups excluding carboxylic acids is 1. The van der Waals surface area contributed by atoms with E-state index in [0.717, 1.165) is 12.8 Å². The van der Waals surface area contributed by atoms with Crippen LogP contribution in [0, 0.1) is 13.3 Å². The number of rotatable bonds is 1. The Morgan fingerprint density at radius 1 is 0.893 bits per heavy atom. The predicted molar refractivity (Wildman–Crippen MR) is 102 cm³/mol. The number of ether oxygens (including phenoxy) is 1. The fourth-order valence-electron chi connectivity index (χ4n) is 4.22. The van der Waals surface area contributed by atoms with Crippen molar-refractivity contribution in [1.82, 2.24) is 10.1 Å². The van der Waals surface area contributed by atoms with E-state index in [-0.39, 0.29) is 28.3 Å². The van der Waals surface area contributed by atoms with Crippen molar-refractivity contribution in [2.75, 3.05) is 0 Å². The van der Waals surface area contributed by atoms with E-state index in [1.807, 2.05) is 27.7 Å². The Labute approximate surface area is 178 Å². The predicted octanol–water partition coefficient (Wildman–Crippen LogP) is 3.89. The van der Waals surface area contributed by atoms with E-state index in [1.54, 1.807) is 0 Å². The molecule has 0 radical (unpaired) electrons. The third-order valence-corrected chi connectivity index (χ3v) is 5.33. The molecule has 2 aliphatic rings. The molecule has 2 aliphatic heterocycles. The molecule has 2 saturated heterocycles. The van der Waals surface area contributed by atoms with Crippen LogP contribution in [0.5, 0.6) is 0 Å². The monoisotopic (exact) mass is 445 g/mol. The summed E-state index contributed by atoms with van der Waals surface area (Å²) in [6.45, 7) is 19.2. The first kappa shape index (κ1) is 27.5. The molecule has 2 N–H and O–H groups in total. The van der Waals surface area contributed by atoms with Gasteiger partial charge in [-0.25, -0.2) is 0 Å². The molecular weight excluding hydrogens is 407 g/mol. The molecule has 7 nitrogen and oxygen atoms in total. The summed E-state index contributed by atoms with van der Waals surface area (Å²) in [5.74, 6) is -0.502. The van der Waals surface area contributed by atoms with E-state index in [9.17, 15) is 15.2 Å². The van der Waals surface area contributed by atoms with Crippen LogP contribution in [0.25, 0.3) is 0 Å². The third-order valence-electron chi connectivity index (χ3n) is 5.33. The van der Waals surface area contributed by atoms with Gasteiger partial charge in [-0.1, -0.05) is 0 Å². The summed E-state index contributed by atoms with van der Waals surface area (Å²) in [4.78, 5) is 10.8. The first-order valence-corrected chi connectivity index (χ1v) is 9.90. The van der Waals surface area contributed by atoms with Crippen LogP contribution in [-0.4, -0.2) is 54.8 Å². The second-order valence-corrected chi connectivity index (χ2v) is 10.1. The molecule has 0 spiro atoms. The van der Waals surface area contributed by atoms with Crippen molar-refractivity contribution < 1.29 is 39.5 Å². The molecule has 0 aliphatic carbocycles. The molecule has 8 heteroatoms. The summed E-state index contributed by atoms with van der Waals surface area (Å²) < 4.78 is 13.1. The Morgan fingerprint density at radius 3 is 1.50 bits per heavy atom. The first-order valence-electron chi connectivity index (χ1n) is 9.48. The zero-order valence-corrected chi connectivity index (χ0v) is 19.6. The molecule has 28 heavy (non-hydrogen) atoms. The standard InChI is InChI=1S/C11H20NO3.C9H18NO.Co.O/c1-8(13)15-9-6-10(2,3)12(14)11(4,5)7-9;1-8(2)6-5-7-9(3,4)10(8)11;;/h9,14H,1,6-7H2,2-5H3;5,11H,6-7H2,1-4H3;;/q2*-1;;. The molecule has 0 aromatic rings. The Bertz CT molecular complexity index is 489. The van der Waals surface area contributed by atoms with Crippen LogP contribution < -0.4 is 0 Å². The van der Waals surface area contributed by atoms with E-state index in [2.05, 4.69) is 56.7 Å². The van der Waals surface area contributed by atoms with E-state index in [0.29, 0.717) is 12.8 Å². The normalized spacial score (nSPS) is 26.1. The molecule has 2 fully saturated rings. The van der Waals surface area contributed by atoms with Gasteiger partial charge in [-0.3, -0.25) is 11.7 Å². The molecule has 0 atom stereocenters. The third kappa shape index (κ3) is 7.39. The maximum atomic E-state index is 10.8. The molecule has 0 aromatic carbocycles. The van der Waals surface area contributed by atoms with Gasteiger partial charge in [0.15, 0.2) is 5.97 Å². The summed E-state index contributed by atoms with van der Waals surface area (Å²) in [7, 11) is 0. The van der Waals surface area contributed by atoms with Gasteiger partial charge in [0.1, 0.15) is 6.10 Å². The Morgan fingerprint density at radius 2 is 1.21 bits per heavy atom. The average Bonchev–Trinajstić information content (AvgIpc) is 2.51. The van der Waals surface area contributed by atoms with Gasteiger partial charge in [0.05, 0.1) is 0 Å². The molecule has 0 bridgehead atoms. The quantitative estimate of drug-likeness (QED) is 0.468. The molecule has 2 rings (SSSR count). The molecule has 0 unspecified atom stereocenters. The molecular formula is C20H38CoN2O5-2. The number of hydroxylamine groups is 4. The second-order valence-electron chi connectivity index (χ2n) is 10.1. The summed E-state index contributed by atoms with van der Waals surface area (Å²) in [6, 6.07) is 0. The van der Waals surface area contributed by atoms with Crippen molar-refractivity contribution in [3.05, 3.63) is 13.3 Å². The molecule has 0 aromatic heterocycles. The van der Waals surface area contributed by atoms with Gasteiger partial charge >= 0.3 is 19.5 Å². The molecule has 169 valence electrons. The summed E-state index contributed by atoms with van der Waals surface area (Å²) >= 11 is 2.31. The van der Waals surface area contributed by atoms with Gasteiger partial charge in [0.25, 0.3) is 0 Å². The van der Waals surface area contributed by atoms with Crippen LogP contribution in [0.3, 0.4) is 0 Å². The number of carbonyl (C=O) groups is 1. The zero-order valence-electron chi connectivity index (χ0n) is 18.5. The van der Waals surface area contributed by atoms with Crippen molar-refractivity contribution in [1.29, 1.82) is 0 Å². The van der Waals surface area contributed by atoms with Gasteiger partial charge in [-0.15, -0.1) is 0 Å². The van der Waals surface area contributed by atoms with Gasteiger partial charge in [0.2, 0.25) is 0 Å². The Hall–Kier alpha value is -0.514. The molecule has 0 saturated carbocycles. The fraction of sp³-hybridized carbons (Fsp3) is 0.850. The van der Waals surface area contributed by atoms with Crippen LogP contribution in [0.1, 0.15) is 81.1 Å². The molecule has 2 heterocycles. The van der Waals surface area contributed by atoms with E-state index < -0.39 is 5.97 Å². The number of nitrogens with zero attached hydrogens (tertiary/aromatic N) is 2. The van der Waals surface area contributed by atoms with Crippen LogP contribution >= 0.6 is 0 Å². The van der Waals surface area contributed by atoms with E-state index >= 15 is 0 Å². The van der Waals surface area contributed by atoms with E-state index in [1.165, 1.54) is 10.1 Å². The topological polar surface area (TPSA) is 90.3 Å². The van der Waals surface area contributed by atoms with Crippen molar-refractivity contribution >= 4 is 5.97 Å². The van der Waals surface area contributed by atoms with Crippen molar-refractivity contribution in [3.63, 3.8) is 0 Å². The zero-order chi connectivity index (χ0) is 22.6. The van der Waals surface area contributed by atoms with Crippen LogP contribution in [0.4, 0.5) is 0 Å². The van der Waals surface area contributed by atoms with Crippen LogP contribution in [0.2, 0.25) is 0 Å². The average molecular weight is 445 g/mol. The number of hydrogen-bond acceptors (Lipinski definition) is 7. The second kappa shape index (κ2) is 10.00. The first-order chi connectivity index (χ1) is 12.5. The van der Waals surface area contributed by atoms with Crippen molar-refractivity contribution in [2.24, 2.45) is 0 Å². The Kier molecular flexibility index (Phi) is 9.81. The summed E-state index contributed by atoms with van der Waals surface area (Å²) in [5, 5.41) is 22.6. The van der Waals surface area contributed by atoms with Crippen LogP contribution in [0.15, 0.2) is 0 Å². The van der Waals surface area contributed by atoms with Crippen LogP contribution in [-0.2, 0) is 29.1 Å². The number of esters is 1. The summed E-state index contributed by atoms with van der Waals surface area (Å²) in [6.07, 6.45) is 5.26. The Balaban J connectivity index is 0.000000497. The fourth-order valence-corrected chi connectivity index (χ4v) is 4.22. The molecule has 0 amide bonds. The van der Waals surface area contributed by atoms with E-state index in [4.69, 9.17) is 8.60 Å². The summed E-state index contributed by atoms with van der Waals surface area (Å²) in [5.41, 5.74) is -0.965. The number of piperidine rings is 2. The number of hydrogen-bond donors (Lipinski definition) is 2. The van der Waals surface area contributed by atoms with Crippen molar-refractivity contribution in [3.8, 4) is 0 Å². The SMILES string of the molecule is CC1(C)C[CH-]CC(C)(C)N1O.[CH2-]C(=O)OC1CC(C)(C)N(O)C(C)(C)C1.[O]=[Co]. The van der Waals surface area contributed by atoms with Crippen molar-refractivity contribution in [2.45, 2.75) is 109 Å². The minimum absolute atomic E-state index is 0.0955. The van der Waals surface area contributed by atoms with Gasteiger partial charge in [-0.2, -0.15) is 23.0 Å². The maximum absolute atomic E-state index is 10.8. The van der Waals surface area contributed by atoms with Gasteiger partial charge in [-0.05, 0) is 55.4 Å². The van der Waals surface area contributed by atoms with Gasteiger partial charge in [0, 0.05) is 35.0 Å². The minimum atomic E-state index is -0.502.